The summed E-state index contributed by atoms with van der Waals surface area (Å²) < 4.78 is 5.40. The predicted octanol–water partition coefficient (Wildman–Crippen LogP) is 1.16. The summed E-state index contributed by atoms with van der Waals surface area (Å²) in [5, 5.41) is 3.01. The third-order valence-electron chi connectivity index (χ3n) is 1.96. The summed E-state index contributed by atoms with van der Waals surface area (Å²) in [4.78, 5) is 7.37. The summed E-state index contributed by atoms with van der Waals surface area (Å²) in [6.07, 6.45) is 0. The van der Waals surface area contributed by atoms with Gasteiger partial charge in [0.05, 0.1) is 11.0 Å². The summed E-state index contributed by atoms with van der Waals surface area (Å²) in [6.45, 7) is 1.44. The van der Waals surface area contributed by atoms with Gasteiger partial charge in [0.25, 0.3) is 6.01 Å². The predicted molar refractivity (Wildman–Crippen MR) is 55.5 cm³/mol. The molecule has 0 amide bonds. The van der Waals surface area contributed by atoms with Crippen molar-refractivity contribution in [2.75, 3.05) is 20.2 Å². The Kier molecular flexibility index (Phi) is 2.65. The molecular weight excluding hydrogens is 178 g/mol. The number of ether oxygens (including phenoxy) is 1. The number of nitrogens with one attached hydrogen (secondary N) is 2. The normalized spacial score (nSPS) is 10.6. The van der Waals surface area contributed by atoms with Crippen LogP contribution in [0.2, 0.25) is 0 Å². The second-order valence-corrected chi connectivity index (χ2v) is 3.01. The average Bonchev–Trinajstić information content (AvgIpc) is 2.60. The van der Waals surface area contributed by atoms with E-state index in [4.69, 9.17) is 4.74 Å². The largest absolute Gasteiger partial charge is 0.463 e. The lowest BCUT2D eigenvalue weighted by Crippen LogP contribution is -2.16. The molecule has 0 saturated heterocycles. The smallest absolute Gasteiger partial charge is 0.294 e. The van der Waals surface area contributed by atoms with Gasteiger partial charge in [0.1, 0.15) is 6.61 Å². The maximum atomic E-state index is 5.40. The van der Waals surface area contributed by atoms with E-state index in [2.05, 4.69) is 15.3 Å². The summed E-state index contributed by atoms with van der Waals surface area (Å²) in [5.41, 5.74) is 1.94. The molecule has 2 N–H and O–H groups in total. The molecule has 74 valence electrons. The van der Waals surface area contributed by atoms with Gasteiger partial charge >= 0.3 is 0 Å². The van der Waals surface area contributed by atoms with Crippen molar-refractivity contribution in [3.63, 3.8) is 0 Å². The minimum atomic E-state index is 0.585. The Morgan fingerprint density at radius 1 is 1.43 bits per heavy atom. The highest BCUT2D eigenvalue weighted by atomic mass is 16.5. The van der Waals surface area contributed by atoms with Gasteiger partial charge in [0.15, 0.2) is 0 Å². The van der Waals surface area contributed by atoms with Crippen LogP contribution in [0.1, 0.15) is 0 Å². The lowest BCUT2D eigenvalue weighted by molar-refractivity contribution is 0.297. The van der Waals surface area contributed by atoms with E-state index in [1.807, 2.05) is 31.3 Å². The molecule has 0 radical (unpaired) electrons. The number of imidazole rings is 1. The highest BCUT2D eigenvalue weighted by Crippen LogP contribution is 2.14. The molecule has 0 saturated carbocycles. The van der Waals surface area contributed by atoms with Crippen molar-refractivity contribution in [1.82, 2.24) is 15.3 Å². The minimum absolute atomic E-state index is 0.585. The molecule has 0 bridgehead atoms. The zero-order chi connectivity index (χ0) is 9.80. The van der Waals surface area contributed by atoms with Crippen molar-refractivity contribution in [1.29, 1.82) is 0 Å². The summed E-state index contributed by atoms with van der Waals surface area (Å²) in [7, 11) is 1.89. The fourth-order valence-corrected chi connectivity index (χ4v) is 1.25. The Bertz CT molecular complexity index is 377. The van der Waals surface area contributed by atoms with Crippen LogP contribution in [-0.2, 0) is 0 Å². The monoisotopic (exact) mass is 191 g/mol. The second kappa shape index (κ2) is 4.11. The van der Waals surface area contributed by atoms with Crippen LogP contribution in [0.3, 0.4) is 0 Å². The van der Waals surface area contributed by atoms with Gasteiger partial charge in [-0.1, -0.05) is 12.1 Å². The topological polar surface area (TPSA) is 49.9 Å². The summed E-state index contributed by atoms with van der Waals surface area (Å²) in [5.74, 6) is 0. The Morgan fingerprint density at radius 3 is 3.07 bits per heavy atom. The molecule has 1 heterocycles. The number of para-hydroxylation sites is 2. The molecular formula is C10H13N3O. The minimum Gasteiger partial charge on any atom is -0.463 e. The second-order valence-electron chi connectivity index (χ2n) is 3.01. The van der Waals surface area contributed by atoms with Crippen LogP contribution in [0.5, 0.6) is 6.01 Å². The molecule has 0 atom stereocenters. The Hall–Kier alpha value is -1.55. The maximum Gasteiger partial charge on any atom is 0.294 e. The molecule has 1 aromatic carbocycles. The molecule has 4 heteroatoms. The first-order chi connectivity index (χ1) is 6.90. The molecule has 4 nitrogen and oxygen atoms in total. The standard InChI is InChI=1S/C10H13N3O/c1-11-6-7-14-10-12-8-4-2-3-5-9(8)13-10/h2-5,11H,6-7H2,1H3,(H,12,13). The molecule has 0 aliphatic heterocycles. The van der Waals surface area contributed by atoms with Gasteiger partial charge in [-0.2, -0.15) is 4.98 Å². The molecule has 1 aromatic heterocycles. The Labute approximate surface area is 82.3 Å². The third-order valence-corrected chi connectivity index (χ3v) is 1.96. The van der Waals surface area contributed by atoms with Gasteiger partial charge in [-0.3, -0.25) is 0 Å². The van der Waals surface area contributed by atoms with E-state index in [9.17, 15) is 0 Å². The number of likely N-dealkylation sites (N-methyl/N-ethyl adjacent to an activating group) is 1. The number of aromatic amines is 1. The van der Waals surface area contributed by atoms with Gasteiger partial charge in [-0.25, -0.2) is 0 Å². The quantitative estimate of drug-likeness (QED) is 0.713. The first-order valence-corrected chi connectivity index (χ1v) is 4.62. The molecule has 14 heavy (non-hydrogen) atoms. The molecule has 0 spiro atoms. The number of hydrogen-bond acceptors (Lipinski definition) is 3. The van der Waals surface area contributed by atoms with Crippen LogP contribution < -0.4 is 10.1 Å². The fourth-order valence-electron chi connectivity index (χ4n) is 1.25. The van der Waals surface area contributed by atoms with E-state index in [1.165, 1.54) is 0 Å². The van der Waals surface area contributed by atoms with E-state index < -0.39 is 0 Å². The molecule has 2 aromatic rings. The van der Waals surface area contributed by atoms with Crippen LogP contribution in [0.25, 0.3) is 11.0 Å². The van der Waals surface area contributed by atoms with E-state index in [0.29, 0.717) is 12.6 Å². The van der Waals surface area contributed by atoms with Crippen LogP contribution in [0, 0.1) is 0 Å². The van der Waals surface area contributed by atoms with Gasteiger partial charge in [0, 0.05) is 6.54 Å². The number of hydrogen-bond donors (Lipinski definition) is 2. The first-order valence-electron chi connectivity index (χ1n) is 4.62. The number of benzene rings is 1. The van der Waals surface area contributed by atoms with Crippen molar-refractivity contribution >= 4 is 11.0 Å². The van der Waals surface area contributed by atoms with E-state index in [1.54, 1.807) is 0 Å². The van der Waals surface area contributed by atoms with Crippen molar-refractivity contribution in [3.8, 4) is 6.01 Å². The molecule has 0 aliphatic carbocycles. The maximum absolute atomic E-state index is 5.40. The SMILES string of the molecule is CNCCOc1nc2ccccc2[nH]1. The van der Waals surface area contributed by atoms with Gasteiger partial charge in [-0.05, 0) is 19.2 Å². The zero-order valence-electron chi connectivity index (χ0n) is 8.08. The van der Waals surface area contributed by atoms with Crippen LogP contribution >= 0.6 is 0 Å². The molecule has 2 rings (SSSR count). The van der Waals surface area contributed by atoms with Crippen molar-refractivity contribution in [3.05, 3.63) is 24.3 Å². The zero-order valence-corrected chi connectivity index (χ0v) is 8.08. The molecule has 0 aliphatic rings. The van der Waals surface area contributed by atoms with Crippen molar-refractivity contribution in [2.24, 2.45) is 0 Å². The Morgan fingerprint density at radius 2 is 2.29 bits per heavy atom. The number of aromatic nitrogens is 2. The highest BCUT2D eigenvalue weighted by Gasteiger charge is 2.01. The van der Waals surface area contributed by atoms with Crippen molar-refractivity contribution < 1.29 is 4.74 Å². The van der Waals surface area contributed by atoms with Crippen LogP contribution in [-0.4, -0.2) is 30.2 Å². The third kappa shape index (κ3) is 1.85. The molecule has 0 unspecified atom stereocenters. The van der Waals surface area contributed by atoms with Crippen LogP contribution in [0.4, 0.5) is 0 Å². The van der Waals surface area contributed by atoms with Crippen LogP contribution in [0.15, 0.2) is 24.3 Å². The van der Waals surface area contributed by atoms with E-state index in [0.717, 1.165) is 17.6 Å². The number of fused-ring (bicyclic) bond motifs is 1. The van der Waals surface area contributed by atoms with Crippen molar-refractivity contribution in [2.45, 2.75) is 0 Å². The Balaban J connectivity index is 2.11. The van der Waals surface area contributed by atoms with E-state index in [-0.39, 0.29) is 0 Å². The van der Waals surface area contributed by atoms with Gasteiger partial charge in [-0.15, -0.1) is 0 Å². The lowest BCUT2D eigenvalue weighted by Gasteiger charge is -1.99. The molecule has 0 fully saturated rings. The number of rotatable bonds is 4. The van der Waals surface area contributed by atoms with Gasteiger partial charge < -0.3 is 15.0 Å². The van der Waals surface area contributed by atoms with E-state index >= 15 is 0 Å². The van der Waals surface area contributed by atoms with Gasteiger partial charge in [0.2, 0.25) is 0 Å². The first kappa shape index (κ1) is 9.02. The number of H-pyrrole nitrogens is 1. The average molecular weight is 191 g/mol. The fraction of sp³-hybridized carbons (Fsp3) is 0.300. The summed E-state index contributed by atoms with van der Waals surface area (Å²) in [6, 6.07) is 8.45. The lowest BCUT2D eigenvalue weighted by atomic mass is 10.3. The number of nitrogens with zero attached hydrogens (tertiary/aromatic N) is 1. The highest BCUT2D eigenvalue weighted by molar-refractivity contribution is 5.75. The summed E-state index contributed by atoms with van der Waals surface area (Å²) >= 11 is 0.